The Balaban J connectivity index is 1.74. The van der Waals surface area contributed by atoms with Gasteiger partial charge in [-0.3, -0.25) is 9.48 Å². The van der Waals surface area contributed by atoms with Crippen molar-refractivity contribution in [2.45, 2.75) is 20.1 Å². The molecule has 1 N–H and O–H groups in total. The van der Waals surface area contributed by atoms with E-state index in [-0.39, 0.29) is 24.0 Å². The van der Waals surface area contributed by atoms with E-state index in [4.69, 9.17) is 4.74 Å². The number of alkyl halides is 2. The van der Waals surface area contributed by atoms with Crippen LogP contribution in [0.4, 0.5) is 8.78 Å². The number of aromatic nitrogens is 3. The second-order valence-electron chi connectivity index (χ2n) is 5.85. The van der Waals surface area contributed by atoms with E-state index in [2.05, 4.69) is 20.1 Å². The standard InChI is InChI=1S/C18H18F2N4O3/c1-10-13-7-12(9-21-16(13)24(2)23-10)17(25)22-8-11-4-5-14(26-3)15(6-11)27-18(19)20/h4-7,9,18H,8H2,1-3H3,(H,22,25). The molecule has 2 heterocycles. The van der Waals surface area contributed by atoms with Crippen LogP contribution in [0.1, 0.15) is 21.6 Å². The fourth-order valence-corrected chi connectivity index (χ4v) is 2.74. The monoisotopic (exact) mass is 376 g/mol. The number of fused-ring (bicyclic) bond motifs is 1. The van der Waals surface area contributed by atoms with Crippen LogP contribution >= 0.6 is 0 Å². The molecule has 3 rings (SSSR count). The molecule has 0 bridgehead atoms. The maximum Gasteiger partial charge on any atom is 0.387 e. The summed E-state index contributed by atoms with van der Waals surface area (Å²) in [5.74, 6) is -0.236. The molecule has 0 saturated carbocycles. The second kappa shape index (κ2) is 7.56. The molecule has 0 fully saturated rings. The Labute approximate surface area is 153 Å². The highest BCUT2D eigenvalue weighted by molar-refractivity contribution is 5.97. The van der Waals surface area contributed by atoms with Crippen LogP contribution in [0.2, 0.25) is 0 Å². The maximum absolute atomic E-state index is 12.5. The van der Waals surface area contributed by atoms with E-state index < -0.39 is 6.61 Å². The molecule has 0 aliphatic rings. The van der Waals surface area contributed by atoms with Gasteiger partial charge in [0.15, 0.2) is 17.1 Å². The van der Waals surface area contributed by atoms with E-state index in [1.165, 1.54) is 25.4 Å². The summed E-state index contributed by atoms with van der Waals surface area (Å²) in [5.41, 5.74) is 2.44. The summed E-state index contributed by atoms with van der Waals surface area (Å²) in [7, 11) is 3.14. The van der Waals surface area contributed by atoms with Crippen LogP contribution < -0.4 is 14.8 Å². The molecule has 1 amide bonds. The number of halogens is 2. The number of pyridine rings is 1. The van der Waals surface area contributed by atoms with Gasteiger partial charge in [-0.2, -0.15) is 13.9 Å². The summed E-state index contributed by atoms with van der Waals surface area (Å²) in [6.45, 7) is -0.996. The maximum atomic E-state index is 12.5. The highest BCUT2D eigenvalue weighted by Crippen LogP contribution is 2.29. The molecule has 3 aromatic rings. The quantitative estimate of drug-likeness (QED) is 0.716. The Bertz CT molecular complexity index is 988. The van der Waals surface area contributed by atoms with Gasteiger partial charge in [-0.15, -0.1) is 0 Å². The van der Waals surface area contributed by atoms with Crippen molar-refractivity contribution in [2.24, 2.45) is 7.05 Å². The minimum atomic E-state index is -2.97. The number of amides is 1. The molecule has 9 heteroatoms. The van der Waals surface area contributed by atoms with Crippen molar-refractivity contribution in [1.29, 1.82) is 0 Å². The number of carbonyl (C=O) groups excluding carboxylic acids is 1. The minimum Gasteiger partial charge on any atom is -0.493 e. The summed E-state index contributed by atoms with van der Waals surface area (Å²) in [6, 6.07) is 6.29. The fraction of sp³-hybridized carbons (Fsp3) is 0.278. The van der Waals surface area contributed by atoms with Gasteiger partial charge in [-0.1, -0.05) is 6.07 Å². The van der Waals surface area contributed by atoms with Crippen molar-refractivity contribution < 1.29 is 23.0 Å². The predicted molar refractivity (Wildman–Crippen MR) is 94.0 cm³/mol. The number of hydrogen-bond acceptors (Lipinski definition) is 5. The van der Waals surface area contributed by atoms with E-state index >= 15 is 0 Å². The van der Waals surface area contributed by atoms with Crippen molar-refractivity contribution in [3.8, 4) is 11.5 Å². The lowest BCUT2D eigenvalue weighted by Crippen LogP contribution is -2.23. The highest BCUT2D eigenvalue weighted by Gasteiger charge is 2.14. The number of nitrogens with one attached hydrogen (secondary N) is 1. The topological polar surface area (TPSA) is 78.3 Å². The molecular weight excluding hydrogens is 358 g/mol. The Kier molecular flexibility index (Phi) is 5.20. The van der Waals surface area contributed by atoms with Gasteiger partial charge in [0.2, 0.25) is 0 Å². The number of rotatable bonds is 6. The number of hydrogen-bond donors (Lipinski definition) is 1. The van der Waals surface area contributed by atoms with Crippen LogP contribution in [0.3, 0.4) is 0 Å². The van der Waals surface area contributed by atoms with Crippen molar-refractivity contribution in [1.82, 2.24) is 20.1 Å². The summed E-state index contributed by atoms with van der Waals surface area (Å²) < 4.78 is 36.1. The normalized spacial score (nSPS) is 11.0. The third-order valence-corrected chi connectivity index (χ3v) is 4.02. The number of methoxy groups -OCH3 is 1. The van der Waals surface area contributed by atoms with Gasteiger partial charge in [0.1, 0.15) is 0 Å². The second-order valence-corrected chi connectivity index (χ2v) is 5.85. The van der Waals surface area contributed by atoms with Crippen molar-refractivity contribution in [3.63, 3.8) is 0 Å². The van der Waals surface area contributed by atoms with Gasteiger partial charge in [-0.25, -0.2) is 4.98 Å². The minimum absolute atomic E-state index is 0.0895. The van der Waals surface area contributed by atoms with E-state index in [1.54, 1.807) is 23.9 Å². The fourth-order valence-electron chi connectivity index (χ4n) is 2.74. The van der Waals surface area contributed by atoms with Gasteiger partial charge in [0.05, 0.1) is 18.4 Å². The first-order valence-electron chi connectivity index (χ1n) is 8.08. The first-order valence-corrected chi connectivity index (χ1v) is 8.08. The van der Waals surface area contributed by atoms with Crippen LogP contribution in [0.5, 0.6) is 11.5 Å². The zero-order valence-corrected chi connectivity index (χ0v) is 15.0. The largest absolute Gasteiger partial charge is 0.493 e. The summed E-state index contributed by atoms with van der Waals surface area (Å²) in [5, 5.41) is 7.80. The van der Waals surface area contributed by atoms with Gasteiger partial charge < -0.3 is 14.8 Å². The van der Waals surface area contributed by atoms with Gasteiger partial charge in [0, 0.05) is 25.2 Å². The molecule has 0 unspecified atom stereocenters. The van der Waals surface area contributed by atoms with Crippen molar-refractivity contribution >= 4 is 16.9 Å². The molecule has 1 aromatic carbocycles. The summed E-state index contributed by atoms with van der Waals surface area (Å²) in [4.78, 5) is 16.7. The lowest BCUT2D eigenvalue weighted by Gasteiger charge is -2.12. The molecular formula is C18H18F2N4O3. The molecule has 0 atom stereocenters. The van der Waals surface area contributed by atoms with Gasteiger partial charge in [0.25, 0.3) is 5.91 Å². The average Bonchev–Trinajstić information content (AvgIpc) is 2.93. The SMILES string of the molecule is COc1ccc(CNC(=O)c2cnc3c(c2)c(C)nn3C)cc1OC(F)F. The lowest BCUT2D eigenvalue weighted by atomic mass is 10.1. The third-order valence-electron chi connectivity index (χ3n) is 4.02. The molecule has 0 aliphatic heterocycles. The molecule has 7 nitrogen and oxygen atoms in total. The predicted octanol–water partition coefficient (Wildman–Crippen LogP) is 2.82. The average molecular weight is 376 g/mol. The van der Waals surface area contributed by atoms with E-state index in [9.17, 15) is 13.6 Å². The smallest absolute Gasteiger partial charge is 0.387 e. The zero-order chi connectivity index (χ0) is 19.6. The van der Waals surface area contributed by atoms with Crippen molar-refractivity contribution in [3.05, 3.63) is 47.3 Å². The Morgan fingerprint density at radius 1 is 1.30 bits per heavy atom. The molecule has 0 saturated heterocycles. The van der Waals surface area contributed by atoms with Crippen LogP contribution in [0.15, 0.2) is 30.5 Å². The number of aryl methyl sites for hydroxylation is 2. The molecule has 2 aromatic heterocycles. The van der Waals surface area contributed by atoms with Crippen LogP contribution in [0.25, 0.3) is 11.0 Å². The van der Waals surface area contributed by atoms with Gasteiger partial charge >= 0.3 is 6.61 Å². The first kappa shape index (κ1) is 18.6. The Morgan fingerprint density at radius 2 is 2.07 bits per heavy atom. The number of benzene rings is 1. The number of nitrogens with zero attached hydrogens (tertiary/aromatic N) is 3. The zero-order valence-electron chi connectivity index (χ0n) is 15.0. The van der Waals surface area contributed by atoms with E-state index in [1.807, 2.05) is 6.92 Å². The molecule has 142 valence electrons. The number of carbonyl (C=O) groups is 1. The van der Waals surface area contributed by atoms with Crippen LogP contribution in [-0.2, 0) is 13.6 Å². The molecule has 27 heavy (non-hydrogen) atoms. The molecule has 0 radical (unpaired) electrons. The van der Waals surface area contributed by atoms with Crippen LogP contribution in [-0.4, -0.2) is 34.4 Å². The van der Waals surface area contributed by atoms with E-state index in [0.29, 0.717) is 16.8 Å². The van der Waals surface area contributed by atoms with Crippen molar-refractivity contribution in [2.75, 3.05) is 7.11 Å². The van der Waals surface area contributed by atoms with E-state index in [0.717, 1.165) is 11.1 Å². The van der Waals surface area contributed by atoms with Crippen LogP contribution in [0, 0.1) is 6.92 Å². The third kappa shape index (κ3) is 3.97. The molecule has 0 spiro atoms. The highest BCUT2D eigenvalue weighted by atomic mass is 19.3. The van der Waals surface area contributed by atoms with Gasteiger partial charge in [-0.05, 0) is 30.7 Å². The Hall–Kier alpha value is -3.23. The lowest BCUT2D eigenvalue weighted by molar-refractivity contribution is -0.0512. The first-order chi connectivity index (χ1) is 12.9. The number of ether oxygens (including phenoxy) is 2. The summed E-state index contributed by atoms with van der Waals surface area (Å²) >= 11 is 0. The summed E-state index contributed by atoms with van der Waals surface area (Å²) in [6.07, 6.45) is 1.47. The Morgan fingerprint density at radius 3 is 2.78 bits per heavy atom. The molecule has 0 aliphatic carbocycles.